The number of para-hydroxylation sites is 2. The van der Waals surface area contributed by atoms with Crippen LogP contribution in [0.25, 0.3) is 22.1 Å². The summed E-state index contributed by atoms with van der Waals surface area (Å²) in [5.74, 6) is 1.38. The molecule has 0 atom stereocenters. The normalized spacial score (nSPS) is 11.8. The molecule has 0 aliphatic rings. The van der Waals surface area contributed by atoms with Gasteiger partial charge in [-0.1, -0.05) is 26.0 Å². The summed E-state index contributed by atoms with van der Waals surface area (Å²) in [7, 11) is 0. The smallest absolute Gasteiger partial charge is 0.326 e. The zero-order valence-electron chi connectivity index (χ0n) is 18.0. The Morgan fingerprint density at radius 1 is 1.00 bits per heavy atom. The number of fused-ring (bicyclic) bond motifs is 2. The van der Waals surface area contributed by atoms with Gasteiger partial charge < -0.3 is 4.57 Å². The topological polar surface area (TPSA) is 68.5 Å². The van der Waals surface area contributed by atoms with E-state index in [9.17, 15) is 10.1 Å². The SMILES string of the molecule is CC(C)CCn1c(Cn2c(=O)n(C(C)C)c3ccccc32)nc2ccc(C#N)cc21. The monoisotopic (exact) mass is 401 g/mol. The van der Waals surface area contributed by atoms with E-state index in [-0.39, 0.29) is 11.7 Å². The summed E-state index contributed by atoms with van der Waals surface area (Å²) in [5.41, 5.74) is 4.25. The van der Waals surface area contributed by atoms with Gasteiger partial charge in [-0.15, -0.1) is 0 Å². The summed E-state index contributed by atoms with van der Waals surface area (Å²) in [6.07, 6.45) is 0.998. The van der Waals surface area contributed by atoms with E-state index in [1.165, 1.54) is 0 Å². The lowest BCUT2D eigenvalue weighted by Crippen LogP contribution is -2.27. The molecule has 2 aromatic heterocycles. The summed E-state index contributed by atoms with van der Waals surface area (Å²) in [6.45, 7) is 9.64. The molecule has 0 radical (unpaired) electrons. The van der Waals surface area contributed by atoms with Gasteiger partial charge in [0, 0.05) is 12.6 Å². The predicted molar refractivity (Wildman–Crippen MR) is 120 cm³/mol. The molecule has 0 amide bonds. The van der Waals surface area contributed by atoms with Crippen LogP contribution in [0.5, 0.6) is 0 Å². The lowest BCUT2D eigenvalue weighted by atomic mass is 10.1. The van der Waals surface area contributed by atoms with Crippen LogP contribution in [0, 0.1) is 17.2 Å². The van der Waals surface area contributed by atoms with Crippen molar-refractivity contribution < 1.29 is 0 Å². The van der Waals surface area contributed by atoms with E-state index in [1.54, 1.807) is 6.07 Å². The molecule has 0 bridgehead atoms. The molecule has 0 saturated heterocycles. The van der Waals surface area contributed by atoms with Crippen molar-refractivity contribution in [1.29, 1.82) is 5.26 Å². The Labute approximate surface area is 176 Å². The van der Waals surface area contributed by atoms with Crippen LogP contribution < -0.4 is 5.69 Å². The van der Waals surface area contributed by atoms with Crippen molar-refractivity contribution in [3.8, 4) is 6.07 Å². The highest BCUT2D eigenvalue weighted by Gasteiger charge is 2.18. The second kappa shape index (κ2) is 7.83. The fraction of sp³-hybridized carbons (Fsp3) is 0.375. The molecule has 0 spiro atoms. The molecule has 30 heavy (non-hydrogen) atoms. The Balaban J connectivity index is 1.89. The van der Waals surface area contributed by atoms with Crippen molar-refractivity contribution in [3.63, 3.8) is 0 Å². The quantitative estimate of drug-likeness (QED) is 0.470. The first-order chi connectivity index (χ1) is 14.4. The average Bonchev–Trinajstić information content (AvgIpc) is 3.20. The summed E-state index contributed by atoms with van der Waals surface area (Å²) >= 11 is 0. The number of aromatic nitrogens is 4. The Hall–Kier alpha value is -3.33. The van der Waals surface area contributed by atoms with Crippen molar-refractivity contribution in [2.45, 2.75) is 53.2 Å². The zero-order valence-corrected chi connectivity index (χ0v) is 18.0. The van der Waals surface area contributed by atoms with Crippen molar-refractivity contribution in [3.05, 3.63) is 64.3 Å². The van der Waals surface area contributed by atoms with Gasteiger partial charge in [0.25, 0.3) is 0 Å². The molecule has 6 nitrogen and oxygen atoms in total. The molecule has 2 heterocycles. The first-order valence-corrected chi connectivity index (χ1v) is 10.5. The van der Waals surface area contributed by atoms with Gasteiger partial charge in [0.2, 0.25) is 0 Å². The highest BCUT2D eigenvalue weighted by molar-refractivity contribution is 5.78. The van der Waals surface area contributed by atoms with Crippen LogP contribution >= 0.6 is 0 Å². The minimum atomic E-state index is -0.0219. The van der Waals surface area contributed by atoms with E-state index in [4.69, 9.17) is 4.98 Å². The van der Waals surface area contributed by atoms with Crippen LogP contribution in [0.3, 0.4) is 0 Å². The fourth-order valence-corrected chi connectivity index (χ4v) is 4.03. The maximum absolute atomic E-state index is 13.3. The van der Waals surface area contributed by atoms with Crippen LogP contribution in [0.4, 0.5) is 0 Å². The summed E-state index contributed by atoms with van der Waals surface area (Å²) in [6, 6.07) is 15.8. The molecule has 6 heteroatoms. The molecule has 0 fully saturated rings. The van der Waals surface area contributed by atoms with Gasteiger partial charge in [-0.05, 0) is 56.5 Å². The zero-order chi connectivity index (χ0) is 21.4. The maximum atomic E-state index is 13.3. The number of nitriles is 1. The van der Waals surface area contributed by atoms with Crippen LogP contribution in [0.2, 0.25) is 0 Å². The van der Waals surface area contributed by atoms with Crippen molar-refractivity contribution in [2.75, 3.05) is 0 Å². The third kappa shape index (κ3) is 3.41. The fourth-order valence-electron chi connectivity index (χ4n) is 4.03. The average molecular weight is 402 g/mol. The number of hydrogen-bond acceptors (Lipinski definition) is 3. The molecule has 0 N–H and O–H groups in total. The first-order valence-electron chi connectivity index (χ1n) is 10.5. The number of imidazole rings is 2. The number of nitrogens with zero attached hydrogens (tertiary/aromatic N) is 5. The Morgan fingerprint density at radius 2 is 1.73 bits per heavy atom. The van der Waals surface area contributed by atoms with Crippen molar-refractivity contribution in [1.82, 2.24) is 18.7 Å². The summed E-state index contributed by atoms with van der Waals surface area (Å²) in [5, 5.41) is 9.33. The molecule has 0 aliphatic carbocycles. The number of aryl methyl sites for hydroxylation is 1. The van der Waals surface area contributed by atoms with Crippen LogP contribution in [0.15, 0.2) is 47.3 Å². The molecule has 2 aromatic carbocycles. The first kappa shape index (κ1) is 20.0. The van der Waals surface area contributed by atoms with Gasteiger partial charge in [-0.25, -0.2) is 9.78 Å². The largest absolute Gasteiger partial charge is 0.329 e. The van der Waals surface area contributed by atoms with Gasteiger partial charge in [0.15, 0.2) is 0 Å². The van der Waals surface area contributed by atoms with Crippen molar-refractivity contribution in [2.24, 2.45) is 5.92 Å². The molecule has 0 unspecified atom stereocenters. The van der Waals surface area contributed by atoms with Gasteiger partial charge >= 0.3 is 5.69 Å². The van der Waals surface area contributed by atoms with E-state index < -0.39 is 0 Å². The van der Waals surface area contributed by atoms with Crippen LogP contribution in [0.1, 0.15) is 51.5 Å². The van der Waals surface area contributed by atoms with E-state index in [0.29, 0.717) is 18.0 Å². The second-order valence-electron chi connectivity index (χ2n) is 8.50. The summed E-state index contributed by atoms with van der Waals surface area (Å²) < 4.78 is 5.82. The van der Waals surface area contributed by atoms with Gasteiger partial charge in [0.05, 0.1) is 40.2 Å². The van der Waals surface area contributed by atoms with Crippen LogP contribution in [-0.2, 0) is 13.1 Å². The second-order valence-corrected chi connectivity index (χ2v) is 8.50. The Kier molecular flexibility index (Phi) is 5.21. The van der Waals surface area contributed by atoms with E-state index in [2.05, 4.69) is 24.5 Å². The highest BCUT2D eigenvalue weighted by atomic mass is 16.1. The molecule has 154 valence electrons. The van der Waals surface area contributed by atoms with Gasteiger partial charge in [-0.3, -0.25) is 9.13 Å². The number of hydrogen-bond donors (Lipinski definition) is 0. The standard InChI is InChI=1S/C24H27N5O/c1-16(2)11-12-27-22-13-18(14-25)9-10-19(22)26-23(27)15-28-20-7-5-6-8-21(20)29(17(3)4)24(28)30/h5-10,13,16-17H,11-12,15H2,1-4H3. The molecule has 0 saturated carbocycles. The minimum Gasteiger partial charge on any atom is -0.326 e. The third-order valence-corrected chi connectivity index (χ3v) is 5.57. The van der Waals surface area contributed by atoms with Gasteiger partial charge in [0.1, 0.15) is 5.82 Å². The highest BCUT2D eigenvalue weighted by Crippen LogP contribution is 2.22. The minimum absolute atomic E-state index is 0.0219. The molecule has 0 aliphatic heterocycles. The lowest BCUT2D eigenvalue weighted by molar-refractivity contribution is 0.504. The molecule has 4 rings (SSSR count). The molecular weight excluding hydrogens is 374 g/mol. The number of rotatable bonds is 6. The van der Waals surface area contributed by atoms with E-state index in [0.717, 1.165) is 40.9 Å². The van der Waals surface area contributed by atoms with Crippen molar-refractivity contribution >= 4 is 22.1 Å². The lowest BCUT2D eigenvalue weighted by Gasteiger charge is -2.12. The Bertz CT molecular complexity index is 1310. The predicted octanol–water partition coefficient (Wildman–Crippen LogP) is 4.70. The van der Waals surface area contributed by atoms with Gasteiger partial charge in [-0.2, -0.15) is 5.26 Å². The molecule has 4 aromatic rings. The Morgan fingerprint density at radius 3 is 2.40 bits per heavy atom. The van der Waals surface area contributed by atoms with Crippen LogP contribution in [-0.4, -0.2) is 18.7 Å². The van der Waals surface area contributed by atoms with E-state index >= 15 is 0 Å². The molecular formula is C24H27N5O. The van der Waals surface area contributed by atoms with E-state index in [1.807, 2.05) is 59.4 Å². The third-order valence-electron chi connectivity index (χ3n) is 5.57. The number of benzene rings is 2. The summed E-state index contributed by atoms with van der Waals surface area (Å²) in [4.78, 5) is 18.1. The maximum Gasteiger partial charge on any atom is 0.329 e.